The lowest BCUT2D eigenvalue weighted by atomic mass is 10.0. The van der Waals surface area contributed by atoms with Crippen LogP contribution >= 0.6 is 0 Å². The van der Waals surface area contributed by atoms with E-state index in [1.807, 2.05) is 38.1 Å². The third kappa shape index (κ3) is 8.44. The molecule has 3 heteroatoms. The van der Waals surface area contributed by atoms with E-state index in [-0.39, 0.29) is 12.1 Å². The summed E-state index contributed by atoms with van der Waals surface area (Å²) in [5.74, 6) is 0.992. The summed E-state index contributed by atoms with van der Waals surface area (Å²) in [4.78, 5) is 11.8. The molecular weight excluding hydrogens is 288 g/mol. The molecule has 0 heterocycles. The van der Waals surface area contributed by atoms with Crippen molar-refractivity contribution in [1.29, 1.82) is 0 Å². The molecule has 0 aromatic heterocycles. The van der Waals surface area contributed by atoms with Gasteiger partial charge in [0, 0.05) is 6.08 Å². The summed E-state index contributed by atoms with van der Waals surface area (Å²) in [7, 11) is 0. The van der Waals surface area contributed by atoms with Crippen molar-refractivity contribution in [2.45, 2.75) is 59.5 Å². The number of ether oxygens (including phenoxy) is 2. The molecule has 1 aromatic carbocycles. The molecule has 0 fully saturated rings. The Hall–Kier alpha value is -1.77. The van der Waals surface area contributed by atoms with E-state index in [9.17, 15) is 4.79 Å². The van der Waals surface area contributed by atoms with Crippen LogP contribution in [-0.4, -0.2) is 18.7 Å². The van der Waals surface area contributed by atoms with E-state index in [4.69, 9.17) is 9.47 Å². The zero-order chi connectivity index (χ0) is 17.1. The molecule has 0 saturated carbocycles. The van der Waals surface area contributed by atoms with Crippen LogP contribution in [0.4, 0.5) is 0 Å². The van der Waals surface area contributed by atoms with Crippen LogP contribution in [0.2, 0.25) is 0 Å². The van der Waals surface area contributed by atoms with E-state index < -0.39 is 0 Å². The smallest absolute Gasteiger partial charge is 0.330 e. The van der Waals surface area contributed by atoms with Crippen LogP contribution in [0.5, 0.6) is 5.75 Å². The van der Waals surface area contributed by atoms with E-state index in [2.05, 4.69) is 13.8 Å². The topological polar surface area (TPSA) is 35.5 Å². The summed E-state index contributed by atoms with van der Waals surface area (Å²) in [5.41, 5.74) is 0.929. The highest BCUT2D eigenvalue weighted by Crippen LogP contribution is 2.16. The number of benzene rings is 1. The maximum Gasteiger partial charge on any atom is 0.330 e. The Balaban J connectivity index is 2.48. The Kier molecular flexibility index (Phi) is 9.11. The average Bonchev–Trinajstić information content (AvgIpc) is 2.53. The molecule has 0 spiro atoms. The molecular formula is C20H30O3. The molecule has 1 aromatic rings. The van der Waals surface area contributed by atoms with Gasteiger partial charge in [0.25, 0.3) is 0 Å². The molecule has 3 nitrogen and oxygen atoms in total. The van der Waals surface area contributed by atoms with Crippen LogP contribution in [0.15, 0.2) is 30.3 Å². The number of unbranched alkanes of at least 4 members (excludes halogenated alkanes) is 1. The third-order valence-electron chi connectivity index (χ3n) is 3.65. The van der Waals surface area contributed by atoms with Gasteiger partial charge >= 0.3 is 5.97 Å². The van der Waals surface area contributed by atoms with Crippen molar-refractivity contribution in [3.05, 3.63) is 35.9 Å². The average molecular weight is 318 g/mol. The van der Waals surface area contributed by atoms with E-state index in [1.165, 1.54) is 18.9 Å². The molecule has 1 rings (SSSR count). The van der Waals surface area contributed by atoms with Gasteiger partial charge in [0.05, 0.1) is 12.7 Å². The Morgan fingerprint density at radius 1 is 1.26 bits per heavy atom. The molecule has 23 heavy (non-hydrogen) atoms. The fourth-order valence-electron chi connectivity index (χ4n) is 2.27. The molecule has 0 aliphatic rings. The van der Waals surface area contributed by atoms with Gasteiger partial charge < -0.3 is 9.47 Å². The van der Waals surface area contributed by atoms with Crippen molar-refractivity contribution in [1.82, 2.24) is 0 Å². The molecule has 128 valence electrons. The quantitative estimate of drug-likeness (QED) is 0.437. The van der Waals surface area contributed by atoms with Gasteiger partial charge in [-0.2, -0.15) is 0 Å². The fourth-order valence-corrected chi connectivity index (χ4v) is 2.27. The maximum absolute atomic E-state index is 11.8. The second kappa shape index (κ2) is 10.9. The van der Waals surface area contributed by atoms with Gasteiger partial charge in [-0.3, -0.25) is 0 Å². The number of hydrogen-bond acceptors (Lipinski definition) is 3. The molecule has 1 atom stereocenters. The molecule has 0 bridgehead atoms. The van der Waals surface area contributed by atoms with Gasteiger partial charge in [0.2, 0.25) is 0 Å². The number of rotatable bonds is 10. The molecule has 0 amide bonds. The Labute approximate surface area is 140 Å². The van der Waals surface area contributed by atoms with Gasteiger partial charge in [0.1, 0.15) is 5.75 Å². The zero-order valence-corrected chi connectivity index (χ0v) is 14.9. The van der Waals surface area contributed by atoms with E-state index >= 15 is 0 Å². The van der Waals surface area contributed by atoms with E-state index in [0.29, 0.717) is 12.5 Å². The van der Waals surface area contributed by atoms with Gasteiger partial charge in [0.15, 0.2) is 0 Å². The van der Waals surface area contributed by atoms with Crippen LogP contribution in [0, 0.1) is 5.92 Å². The first-order valence-corrected chi connectivity index (χ1v) is 8.66. The van der Waals surface area contributed by atoms with Crippen molar-refractivity contribution in [2.75, 3.05) is 6.61 Å². The lowest BCUT2D eigenvalue weighted by Gasteiger charge is -2.13. The molecule has 1 unspecified atom stereocenters. The summed E-state index contributed by atoms with van der Waals surface area (Å²) in [6.07, 6.45) is 7.93. The van der Waals surface area contributed by atoms with Crippen LogP contribution in [-0.2, 0) is 9.53 Å². The Morgan fingerprint density at radius 2 is 2.04 bits per heavy atom. The van der Waals surface area contributed by atoms with Gasteiger partial charge in [-0.15, -0.1) is 0 Å². The fraction of sp³-hybridized carbons (Fsp3) is 0.550. The highest BCUT2D eigenvalue weighted by Gasteiger charge is 2.08. The third-order valence-corrected chi connectivity index (χ3v) is 3.65. The SMILES string of the molecule is CCCCC(CC)COC(=O)C=Cc1cccc(OC(C)C)c1. The standard InChI is InChI=1S/C20H30O3/c1-5-7-9-17(6-2)15-22-20(21)13-12-18-10-8-11-19(14-18)23-16(3)4/h8,10-14,16-17H,5-7,9,15H2,1-4H3. The molecule has 0 N–H and O–H groups in total. The first-order valence-electron chi connectivity index (χ1n) is 8.66. The van der Waals surface area contributed by atoms with Crippen LogP contribution in [0.1, 0.15) is 58.9 Å². The number of hydrogen-bond donors (Lipinski definition) is 0. The number of carbonyl (C=O) groups excluding carboxylic acids is 1. The predicted octanol–water partition coefficient (Wildman–Crippen LogP) is 5.25. The summed E-state index contributed by atoms with van der Waals surface area (Å²) < 4.78 is 11.0. The lowest BCUT2D eigenvalue weighted by molar-refractivity contribution is -0.139. The van der Waals surface area contributed by atoms with Crippen molar-refractivity contribution in [3.8, 4) is 5.75 Å². The van der Waals surface area contributed by atoms with E-state index in [0.717, 1.165) is 24.2 Å². The van der Waals surface area contributed by atoms with Gasteiger partial charge in [-0.05, 0) is 50.0 Å². The number of esters is 1. The summed E-state index contributed by atoms with van der Waals surface area (Å²) in [6, 6.07) is 7.68. The number of carbonyl (C=O) groups is 1. The predicted molar refractivity (Wildman–Crippen MR) is 95.5 cm³/mol. The molecule has 0 aliphatic heterocycles. The second-order valence-corrected chi connectivity index (χ2v) is 6.12. The Bertz CT molecular complexity index is 491. The summed E-state index contributed by atoms with van der Waals surface area (Å²) in [6.45, 7) is 8.81. The van der Waals surface area contributed by atoms with Crippen molar-refractivity contribution >= 4 is 12.0 Å². The van der Waals surface area contributed by atoms with E-state index in [1.54, 1.807) is 6.08 Å². The monoisotopic (exact) mass is 318 g/mol. The van der Waals surface area contributed by atoms with Crippen LogP contribution in [0.25, 0.3) is 6.08 Å². The zero-order valence-electron chi connectivity index (χ0n) is 14.9. The molecule has 0 radical (unpaired) electrons. The summed E-state index contributed by atoms with van der Waals surface area (Å²) >= 11 is 0. The van der Waals surface area contributed by atoms with Crippen LogP contribution < -0.4 is 4.74 Å². The highest BCUT2D eigenvalue weighted by molar-refractivity contribution is 5.87. The minimum atomic E-state index is -0.282. The van der Waals surface area contributed by atoms with Crippen molar-refractivity contribution < 1.29 is 14.3 Å². The normalized spacial score (nSPS) is 12.6. The Morgan fingerprint density at radius 3 is 2.70 bits per heavy atom. The minimum Gasteiger partial charge on any atom is -0.491 e. The van der Waals surface area contributed by atoms with Crippen LogP contribution in [0.3, 0.4) is 0 Å². The largest absolute Gasteiger partial charge is 0.491 e. The van der Waals surface area contributed by atoms with Gasteiger partial charge in [-0.25, -0.2) is 4.79 Å². The second-order valence-electron chi connectivity index (χ2n) is 6.12. The highest BCUT2D eigenvalue weighted by atomic mass is 16.5. The van der Waals surface area contributed by atoms with Crippen molar-refractivity contribution in [3.63, 3.8) is 0 Å². The molecule has 0 aliphatic carbocycles. The lowest BCUT2D eigenvalue weighted by Crippen LogP contribution is -2.12. The first kappa shape index (κ1) is 19.3. The maximum atomic E-state index is 11.8. The first-order chi connectivity index (χ1) is 11.0. The minimum absolute atomic E-state index is 0.133. The van der Waals surface area contributed by atoms with Gasteiger partial charge in [-0.1, -0.05) is 45.2 Å². The molecule has 0 saturated heterocycles. The summed E-state index contributed by atoms with van der Waals surface area (Å²) in [5, 5.41) is 0. The van der Waals surface area contributed by atoms with Crippen molar-refractivity contribution in [2.24, 2.45) is 5.92 Å².